The first-order chi connectivity index (χ1) is 17.5. The second kappa shape index (κ2) is 10.7. The van der Waals surface area contributed by atoms with Gasteiger partial charge in [-0.1, -0.05) is 24.3 Å². The number of hydrogen-bond acceptors (Lipinski definition) is 8. The molecule has 4 rings (SSSR count). The summed E-state index contributed by atoms with van der Waals surface area (Å²) in [5.41, 5.74) is 3.13. The molecule has 2 heterocycles. The quantitative estimate of drug-likeness (QED) is 0.331. The largest absolute Gasteiger partial charge is 0.379 e. The van der Waals surface area contributed by atoms with Gasteiger partial charge in [0.2, 0.25) is 0 Å². The standard InChI is InChI=1S/C25H29FN4O6S/c1-25(24(32)28-33,37(2,34)35)7-8-30-16-27-22-14-19(21(26)13-20(22)23(30)31)18-5-3-17(4-6-18)15-29-9-11-36-12-10-29/h3-6,13-14,16,33H,7-12,15H2,1-2H3,(H,28,32)/t25-/m0/s1. The Kier molecular flexibility index (Phi) is 7.74. The highest BCUT2D eigenvalue weighted by Crippen LogP contribution is 2.27. The minimum Gasteiger partial charge on any atom is -0.379 e. The fourth-order valence-corrected chi connectivity index (χ4v) is 5.13. The third-order valence-corrected chi connectivity index (χ3v) is 8.94. The van der Waals surface area contributed by atoms with Crippen molar-refractivity contribution in [2.45, 2.75) is 31.2 Å². The van der Waals surface area contributed by atoms with Crippen molar-refractivity contribution in [1.82, 2.24) is 19.9 Å². The van der Waals surface area contributed by atoms with Crippen LogP contribution in [0.5, 0.6) is 0 Å². The first kappa shape index (κ1) is 26.9. The van der Waals surface area contributed by atoms with Crippen LogP contribution in [0.3, 0.4) is 0 Å². The highest BCUT2D eigenvalue weighted by molar-refractivity contribution is 7.92. The lowest BCUT2D eigenvalue weighted by atomic mass is 10.0. The molecule has 10 nitrogen and oxygen atoms in total. The SMILES string of the molecule is C[C@](CCn1cnc2cc(-c3ccc(CN4CCOCC4)cc3)c(F)cc2c1=O)(C(=O)NO)S(C)(=O)=O. The van der Waals surface area contributed by atoms with Gasteiger partial charge >= 0.3 is 0 Å². The number of nitrogens with zero attached hydrogens (tertiary/aromatic N) is 3. The van der Waals surface area contributed by atoms with Crippen LogP contribution in [0.1, 0.15) is 18.9 Å². The number of morpholine rings is 1. The third-order valence-electron chi connectivity index (χ3n) is 6.92. The molecular formula is C25H29FN4O6S. The number of benzene rings is 2. The smallest absolute Gasteiger partial charge is 0.264 e. The van der Waals surface area contributed by atoms with Crippen LogP contribution in [-0.4, -0.2) is 71.3 Å². The van der Waals surface area contributed by atoms with E-state index in [4.69, 9.17) is 9.94 Å². The van der Waals surface area contributed by atoms with Crippen LogP contribution in [0.4, 0.5) is 4.39 Å². The molecule has 37 heavy (non-hydrogen) atoms. The molecule has 2 aromatic carbocycles. The van der Waals surface area contributed by atoms with Gasteiger partial charge in [-0.3, -0.25) is 24.3 Å². The summed E-state index contributed by atoms with van der Waals surface area (Å²) in [7, 11) is -3.93. The molecule has 0 aliphatic carbocycles. The van der Waals surface area contributed by atoms with E-state index in [9.17, 15) is 18.0 Å². The van der Waals surface area contributed by atoms with Crippen molar-refractivity contribution in [2.24, 2.45) is 0 Å². The van der Waals surface area contributed by atoms with Gasteiger partial charge in [-0.15, -0.1) is 0 Å². The second-order valence-electron chi connectivity index (χ2n) is 9.37. The van der Waals surface area contributed by atoms with Gasteiger partial charge in [0.15, 0.2) is 14.6 Å². The zero-order valence-corrected chi connectivity index (χ0v) is 21.4. The number of nitrogens with one attached hydrogen (secondary N) is 1. The molecule has 1 saturated heterocycles. The minimum absolute atomic E-state index is 0.0281. The number of halogens is 1. The number of carbonyl (C=O) groups excluding carboxylic acids is 1. The van der Waals surface area contributed by atoms with Crippen molar-refractivity contribution in [2.75, 3.05) is 32.6 Å². The minimum atomic E-state index is -3.93. The highest BCUT2D eigenvalue weighted by atomic mass is 32.2. The fourth-order valence-electron chi connectivity index (χ4n) is 4.29. The summed E-state index contributed by atoms with van der Waals surface area (Å²) in [6.45, 7) is 4.91. The number of hydroxylamine groups is 1. The Morgan fingerprint density at radius 3 is 2.51 bits per heavy atom. The van der Waals surface area contributed by atoms with Crippen molar-refractivity contribution in [3.63, 3.8) is 0 Å². The molecule has 198 valence electrons. The third kappa shape index (κ3) is 5.57. The van der Waals surface area contributed by atoms with Crippen LogP contribution in [0, 0.1) is 5.82 Å². The molecular weight excluding hydrogens is 503 g/mol. The van der Waals surface area contributed by atoms with Gasteiger partial charge in [0.05, 0.1) is 30.4 Å². The number of rotatable bonds is 8. The van der Waals surface area contributed by atoms with Crippen LogP contribution >= 0.6 is 0 Å². The predicted octanol–water partition coefficient (Wildman–Crippen LogP) is 1.73. The molecule has 1 aliphatic rings. The van der Waals surface area contributed by atoms with E-state index in [1.807, 2.05) is 24.3 Å². The van der Waals surface area contributed by atoms with E-state index in [-0.39, 0.29) is 23.9 Å². The maximum absolute atomic E-state index is 15.1. The molecule has 3 aromatic rings. The van der Waals surface area contributed by atoms with Gasteiger partial charge in [-0.25, -0.2) is 23.3 Å². The number of sulfone groups is 1. The van der Waals surface area contributed by atoms with Crippen LogP contribution in [0.2, 0.25) is 0 Å². The van der Waals surface area contributed by atoms with Crippen molar-refractivity contribution in [3.8, 4) is 11.1 Å². The molecule has 1 aliphatic heterocycles. The Hall–Kier alpha value is -3.19. The summed E-state index contributed by atoms with van der Waals surface area (Å²) in [6, 6.07) is 10.2. The van der Waals surface area contributed by atoms with Crippen molar-refractivity contribution in [1.29, 1.82) is 0 Å². The first-order valence-corrected chi connectivity index (χ1v) is 13.6. The van der Waals surface area contributed by atoms with Gasteiger partial charge in [0, 0.05) is 38.0 Å². The molecule has 0 bridgehead atoms. The summed E-state index contributed by atoms with van der Waals surface area (Å²) < 4.78 is 44.0. The van der Waals surface area contributed by atoms with Crippen LogP contribution in [-0.2, 0) is 32.5 Å². The number of hydrogen-bond donors (Lipinski definition) is 2. The van der Waals surface area contributed by atoms with Gasteiger partial charge in [0.25, 0.3) is 11.5 Å². The second-order valence-corrected chi connectivity index (χ2v) is 11.8. The summed E-state index contributed by atoms with van der Waals surface area (Å²) >= 11 is 0. The molecule has 12 heteroatoms. The molecule has 1 aromatic heterocycles. The van der Waals surface area contributed by atoms with E-state index in [2.05, 4.69) is 9.88 Å². The summed E-state index contributed by atoms with van der Waals surface area (Å²) in [5, 5.41) is 9.00. The summed E-state index contributed by atoms with van der Waals surface area (Å²) in [6.07, 6.45) is 1.80. The van der Waals surface area contributed by atoms with Crippen LogP contribution in [0.25, 0.3) is 22.0 Å². The molecule has 1 fully saturated rings. The average Bonchev–Trinajstić information content (AvgIpc) is 2.88. The Labute approximate surface area is 213 Å². The van der Waals surface area contributed by atoms with Crippen LogP contribution < -0.4 is 11.0 Å². The average molecular weight is 533 g/mol. The Morgan fingerprint density at radius 1 is 1.22 bits per heavy atom. The van der Waals surface area contributed by atoms with E-state index in [0.717, 1.165) is 49.0 Å². The Balaban J connectivity index is 1.58. The number of carbonyl (C=O) groups is 1. The lowest BCUT2D eigenvalue weighted by molar-refractivity contribution is -0.131. The first-order valence-electron chi connectivity index (χ1n) is 11.8. The van der Waals surface area contributed by atoms with E-state index < -0.39 is 31.9 Å². The number of ether oxygens (including phenoxy) is 1. The van der Waals surface area contributed by atoms with Crippen LogP contribution in [0.15, 0.2) is 47.5 Å². The van der Waals surface area contributed by atoms with Crippen molar-refractivity contribution < 1.29 is 27.5 Å². The lowest BCUT2D eigenvalue weighted by Crippen LogP contribution is -2.50. The Morgan fingerprint density at radius 2 is 1.89 bits per heavy atom. The normalized spacial score (nSPS) is 16.4. The number of aromatic nitrogens is 2. The number of fused-ring (bicyclic) bond motifs is 1. The molecule has 0 radical (unpaired) electrons. The molecule has 0 saturated carbocycles. The summed E-state index contributed by atoms with van der Waals surface area (Å²) in [5.74, 6) is -1.70. The monoisotopic (exact) mass is 532 g/mol. The van der Waals surface area contributed by atoms with E-state index >= 15 is 4.39 Å². The molecule has 1 atom stereocenters. The molecule has 0 spiro atoms. The maximum Gasteiger partial charge on any atom is 0.264 e. The predicted molar refractivity (Wildman–Crippen MR) is 135 cm³/mol. The molecule has 0 unspecified atom stereocenters. The topological polar surface area (TPSA) is 131 Å². The van der Waals surface area contributed by atoms with Crippen molar-refractivity contribution in [3.05, 3.63) is 64.5 Å². The number of aryl methyl sites for hydroxylation is 1. The molecule has 2 N–H and O–H groups in total. The van der Waals surface area contributed by atoms with Gasteiger partial charge in [-0.2, -0.15) is 0 Å². The van der Waals surface area contributed by atoms with E-state index in [0.29, 0.717) is 24.3 Å². The maximum atomic E-state index is 15.1. The number of amides is 1. The zero-order chi connectivity index (χ0) is 26.8. The van der Waals surface area contributed by atoms with Gasteiger partial charge in [-0.05, 0) is 36.6 Å². The lowest BCUT2D eigenvalue weighted by Gasteiger charge is -2.26. The zero-order valence-electron chi connectivity index (χ0n) is 20.6. The van der Waals surface area contributed by atoms with Crippen molar-refractivity contribution >= 4 is 26.6 Å². The summed E-state index contributed by atoms with van der Waals surface area (Å²) in [4.78, 5) is 31.6. The van der Waals surface area contributed by atoms with E-state index in [1.54, 1.807) is 0 Å². The Bertz CT molecular complexity index is 1470. The van der Waals surface area contributed by atoms with E-state index in [1.165, 1.54) is 17.9 Å². The molecule has 1 amide bonds. The highest BCUT2D eigenvalue weighted by Gasteiger charge is 2.43. The van der Waals surface area contributed by atoms with Gasteiger partial charge in [0.1, 0.15) is 5.82 Å². The van der Waals surface area contributed by atoms with Gasteiger partial charge < -0.3 is 4.74 Å². The fraction of sp³-hybridized carbons (Fsp3) is 0.400.